The maximum Gasteiger partial charge on any atom is 0.0529 e. The maximum absolute atomic E-state index is 4.22. The van der Waals surface area contributed by atoms with Crippen molar-refractivity contribution in [2.45, 2.75) is 30.8 Å². The fourth-order valence-electron chi connectivity index (χ4n) is 4.73. The third-order valence-corrected chi connectivity index (χ3v) is 5.76. The number of aromatic nitrogens is 2. The molecule has 4 nitrogen and oxygen atoms in total. The van der Waals surface area contributed by atoms with Crippen molar-refractivity contribution in [1.29, 1.82) is 0 Å². The van der Waals surface area contributed by atoms with Crippen LogP contribution in [-0.4, -0.2) is 40.5 Å². The number of nitrogens with zero attached hydrogens (tertiary/aromatic N) is 2. The number of likely N-dealkylation sites (tertiary alicyclic amines) is 1. The van der Waals surface area contributed by atoms with Crippen LogP contribution in [0.15, 0.2) is 48.9 Å². The molecule has 2 N–H and O–H groups in total. The third-order valence-electron chi connectivity index (χ3n) is 5.76. The molecule has 24 heavy (non-hydrogen) atoms. The predicted molar refractivity (Wildman–Crippen MR) is 97.4 cm³/mol. The van der Waals surface area contributed by atoms with E-state index in [-0.39, 0.29) is 0 Å². The van der Waals surface area contributed by atoms with Gasteiger partial charge in [0.25, 0.3) is 0 Å². The van der Waals surface area contributed by atoms with Crippen LogP contribution in [0.3, 0.4) is 0 Å². The molecule has 0 spiro atoms. The molecule has 1 unspecified atom stereocenters. The fourth-order valence-corrected chi connectivity index (χ4v) is 4.73. The Hall–Kier alpha value is -2.33. The van der Waals surface area contributed by atoms with Crippen molar-refractivity contribution in [3.63, 3.8) is 0 Å². The molecule has 0 amide bonds. The highest BCUT2D eigenvalue weighted by Crippen LogP contribution is 2.43. The molecule has 0 radical (unpaired) electrons. The highest BCUT2D eigenvalue weighted by Gasteiger charge is 2.39. The minimum absolute atomic E-state index is 0.455. The third kappa shape index (κ3) is 2.13. The lowest BCUT2D eigenvalue weighted by Crippen LogP contribution is -2.51. The van der Waals surface area contributed by atoms with Crippen LogP contribution in [0, 0.1) is 0 Å². The molecule has 2 aromatic heterocycles. The van der Waals surface area contributed by atoms with Crippen LogP contribution in [0.4, 0.5) is 5.69 Å². The Kier molecular flexibility index (Phi) is 3.13. The van der Waals surface area contributed by atoms with Gasteiger partial charge in [0.15, 0.2) is 0 Å². The number of hydrogen-bond donors (Lipinski definition) is 2. The first-order valence-corrected chi connectivity index (χ1v) is 8.75. The summed E-state index contributed by atoms with van der Waals surface area (Å²) >= 11 is 0. The van der Waals surface area contributed by atoms with Crippen LogP contribution in [-0.2, 0) is 6.42 Å². The zero-order valence-corrected chi connectivity index (χ0v) is 13.9. The van der Waals surface area contributed by atoms with E-state index < -0.39 is 0 Å². The SMILES string of the molecule is CN1CC(Nc2cccnc2)C[C@@H]2c3cccc4[nH]cc(c34)C[C@H]21. The van der Waals surface area contributed by atoms with Crippen molar-refractivity contribution >= 4 is 16.6 Å². The average Bonchev–Trinajstić information content (AvgIpc) is 3.02. The van der Waals surface area contributed by atoms with E-state index in [1.807, 2.05) is 18.5 Å². The summed E-state index contributed by atoms with van der Waals surface area (Å²) < 4.78 is 0. The number of fused-ring (bicyclic) bond motifs is 2. The molecule has 1 aliphatic heterocycles. The Balaban J connectivity index is 1.49. The number of pyridine rings is 1. The van der Waals surface area contributed by atoms with Gasteiger partial charge in [0.1, 0.15) is 0 Å². The van der Waals surface area contributed by atoms with Crippen LogP contribution in [0.5, 0.6) is 0 Å². The van der Waals surface area contributed by atoms with E-state index in [1.54, 1.807) is 0 Å². The van der Waals surface area contributed by atoms with E-state index in [9.17, 15) is 0 Å². The minimum atomic E-state index is 0.455. The Morgan fingerprint density at radius 1 is 1.25 bits per heavy atom. The molecular weight excluding hydrogens is 296 g/mol. The van der Waals surface area contributed by atoms with Gasteiger partial charge < -0.3 is 15.2 Å². The topological polar surface area (TPSA) is 44.0 Å². The number of H-pyrrole nitrogens is 1. The molecule has 0 bridgehead atoms. The Bertz CT molecular complexity index is 870. The van der Waals surface area contributed by atoms with E-state index in [1.165, 1.54) is 28.5 Å². The van der Waals surface area contributed by atoms with Crippen LogP contribution >= 0.6 is 0 Å². The summed E-state index contributed by atoms with van der Waals surface area (Å²) in [4.78, 5) is 10.2. The van der Waals surface area contributed by atoms with Gasteiger partial charge in [0.05, 0.1) is 5.69 Å². The maximum atomic E-state index is 4.22. The molecule has 3 heterocycles. The zero-order chi connectivity index (χ0) is 16.1. The van der Waals surface area contributed by atoms with Crippen molar-refractivity contribution in [3.05, 3.63) is 60.0 Å². The van der Waals surface area contributed by atoms with E-state index in [2.05, 4.69) is 57.7 Å². The first-order chi connectivity index (χ1) is 11.8. The standard InChI is InChI=1S/C20H22N4/c1-24-12-15(23-14-4-3-7-21-11-14)9-17-16-5-2-6-18-20(16)13(10-22-18)8-19(17)24/h2-7,10-11,15,17,19,22-23H,8-9,12H2,1H3/t15?,17-,19-/m1/s1. The van der Waals surface area contributed by atoms with Crippen LogP contribution in [0.2, 0.25) is 0 Å². The summed E-state index contributed by atoms with van der Waals surface area (Å²) in [7, 11) is 2.27. The van der Waals surface area contributed by atoms with Crippen LogP contribution < -0.4 is 5.32 Å². The smallest absolute Gasteiger partial charge is 0.0529 e. The monoisotopic (exact) mass is 318 g/mol. The van der Waals surface area contributed by atoms with Crippen molar-refractivity contribution in [3.8, 4) is 0 Å². The summed E-state index contributed by atoms with van der Waals surface area (Å²) in [5.74, 6) is 0.588. The largest absolute Gasteiger partial charge is 0.380 e. The van der Waals surface area contributed by atoms with Crippen molar-refractivity contribution < 1.29 is 0 Å². The average molecular weight is 318 g/mol. The second kappa shape index (κ2) is 5.35. The van der Waals surface area contributed by atoms with Gasteiger partial charge in [-0.3, -0.25) is 4.98 Å². The summed E-state index contributed by atoms with van der Waals surface area (Å²) in [5.41, 5.74) is 5.40. The van der Waals surface area contributed by atoms with Gasteiger partial charge in [-0.1, -0.05) is 12.1 Å². The van der Waals surface area contributed by atoms with E-state index in [0.29, 0.717) is 18.0 Å². The second-order valence-corrected chi connectivity index (χ2v) is 7.22. The molecule has 1 aromatic carbocycles. The number of benzene rings is 1. The molecule has 1 saturated heterocycles. The van der Waals surface area contributed by atoms with Gasteiger partial charge in [0, 0.05) is 54.0 Å². The number of nitrogens with one attached hydrogen (secondary N) is 2. The van der Waals surface area contributed by atoms with Crippen LogP contribution in [0.25, 0.3) is 10.9 Å². The zero-order valence-electron chi connectivity index (χ0n) is 13.9. The molecule has 1 fully saturated rings. The fraction of sp³-hybridized carbons (Fsp3) is 0.350. The van der Waals surface area contributed by atoms with Gasteiger partial charge in [-0.05, 0) is 49.2 Å². The number of hydrogen-bond acceptors (Lipinski definition) is 3. The Labute approximate surface area is 141 Å². The number of anilines is 1. The molecule has 0 saturated carbocycles. The first-order valence-electron chi connectivity index (χ1n) is 8.75. The first kappa shape index (κ1) is 14.1. The van der Waals surface area contributed by atoms with Crippen LogP contribution in [0.1, 0.15) is 23.5 Å². The quantitative estimate of drug-likeness (QED) is 0.761. The number of likely N-dealkylation sites (N-methyl/N-ethyl adjacent to an activating group) is 1. The van der Waals surface area contributed by atoms with Gasteiger partial charge in [-0.2, -0.15) is 0 Å². The molecule has 4 heteroatoms. The van der Waals surface area contributed by atoms with E-state index >= 15 is 0 Å². The van der Waals surface area contributed by atoms with Gasteiger partial charge >= 0.3 is 0 Å². The number of aromatic amines is 1. The van der Waals surface area contributed by atoms with Crippen molar-refractivity contribution in [1.82, 2.24) is 14.9 Å². The summed E-state index contributed by atoms with van der Waals surface area (Å²) in [6, 6.07) is 11.9. The molecule has 1 aliphatic carbocycles. The Morgan fingerprint density at radius 2 is 2.21 bits per heavy atom. The lowest BCUT2D eigenvalue weighted by molar-refractivity contribution is 0.147. The number of piperidine rings is 1. The molecular formula is C20H22N4. The highest BCUT2D eigenvalue weighted by atomic mass is 15.2. The van der Waals surface area contributed by atoms with E-state index in [0.717, 1.165) is 18.7 Å². The lowest BCUT2D eigenvalue weighted by atomic mass is 9.74. The Morgan fingerprint density at radius 3 is 3.08 bits per heavy atom. The summed E-state index contributed by atoms with van der Waals surface area (Å²) in [5, 5.41) is 5.15. The second-order valence-electron chi connectivity index (χ2n) is 7.22. The minimum Gasteiger partial charge on any atom is -0.380 e. The normalized spacial score (nSPS) is 26.3. The summed E-state index contributed by atoms with van der Waals surface area (Å²) in [6.45, 7) is 1.08. The van der Waals surface area contributed by atoms with E-state index in [4.69, 9.17) is 0 Å². The van der Waals surface area contributed by atoms with Gasteiger partial charge in [-0.25, -0.2) is 0 Å². The molecule has 3 aromatic rings. The van der Waals surface area contributed by atoms with Crippen molar-refractivity contribution in [2.24, 2.45) is 0 Å². The molecule has 2 aliphatic rings. The number of rotatable bonds is 2. The lowest BCUT2D eigenvalue weighted by Gasteiger charge is -2.45. The highest BCUT2D eigenvalue weighted by molar-refractivity contribution is 5.88. The van der Waals surface area contributed by atoms with Gasteiger partial charge in [0.2, 0.25) is 0 Å². The molecule has 5 rings (SSSR count). The summed E-state index contributed by atoms with van der Waals surface area (Å²) in [6.07, 6.45) is 8.27. The predicted octanol–water partition coefficient (Wildman–Crippen LogP) is 3.39. The van der Waals surface area contributed by atoms with Crippen molar-refractivity contribution in [2.75, 3.05) is 18.9 Å². The molecule has 3 atom stereocenters. The molecule has 122 valence electrons. The van der Waals surface area contributed by atoms with Gasteiger partial charge in [-0.15, -0.1) is 0 Å².